The van der Waals surface area contributed by atoms with Gasteiger partial charge in [-0.3, -0.25) is 10.1 Å². The maximum atomic E-state index is 5.85. The van der Waals surface area contributed by atoms with E-state index in [0.717, 1.165) is 45.2 Å². The number of hydrogen-bond acceptors (Lipinski definition) is 4. The van der Waals surface area contributed by atoms with Crippen LogP contribution >= 0.6 is 0 Å². The van der Waals surface area contributed by atoms with Crippen LogP contribution in [0.4, 0.5) is 0 Å². The van der Waals surface area contributed by atoms with E-state index in [1.165, 1.54) is 11.8 Å². The number of nitrogens with zero attached hydrogens (tertiary/aromatic N) is 2. The van der Waals surface area contributed by atoms with Gasteiger partial charge in [-0.15, -0.1) is 0 Å². The molecule has 0 bridgehead atoms. The number of fused-ring (bicyclic) bond motifs is 1. The molecular formula is C31H32N4O2. The molecule has 0 aliphatic carbocycles. The van der Waals surface area contributed by atoms with E-state index < -0.39 is 0 Å². The first kappa shape index (κ1) is 25.5. The van der Waals surface area contributed by atoms with Crippen molar-refractivity contribution in [1.29, 1.82) is 0 Å². The summed E-state index contributed by atoms with van der Waals surface area (Å²) < 4.78 is 11.4. The van der Waals surface area contributed by atoms with Crippen molar-refractivity contribution >= 4 is 35.2 Å². The van der Waals surface area contributed by atoms with E-state index in [-0.39, 0.29) is 0 Å². The van der Waals surface area contributed by atoms with Crippen molar-refractivity contribution in [3.8, 4) is 11.5 Å². The minimum atomic E-state index is 0.405. The smallest absolute Gasteiger partial charge is 0.130 e. The molecule has 0 saturated heterocycles. The van der Waals surface area contributed by atoms with Crippen molar-refractivity contribution in [2.75, 3.05) is 7.11 Å². The Hall–Kier alpha value is -4.58. The van der Waals surface area contributed by atoms with Gasteiger partial charge in [0.1, 0.15) is 18.1 Å². The van der Waals surface area contributed by atoms with E-state index in [0.29, 0.717) is 6.61 Å². The highest BCUT2D eigenvalue weighted by Crippen LogP contribution is 2.27. The zero-order chi connectivity index (χ0) is 25.9. The van der Waals surface area contributed by atoms with E-state index in [2.05, 4.69) is 64.4 Å². The Balaban J connectivity index is 0.00000102. The Morgan fingerprint density at radius 3 is 2.59 bits per heavy atom. The highest BCUT2D eigenvalue weighted by Gasteiger charge is 2.05. The van der Waals surface area contributed by atoms with E-state index in [1.807, 2.05) is 66.9 Å². The number of aromatic nitrogens is 4. The van der Waals surface area contributed by atoms with Gasteiger partial charge in [-0.05, 0) is 71.6 Å². The number of benzene rings is 2. The van der Waals surface area contributed by atoms with Crippen LogP contribution < -0.4 is 9.47 Å². The summed E-state index contributed by atoms with van der Waals surface area (Å²) in [7, 11) is 1.65. The summed E-state index contributed by atoms with van der Waals surface area (Å²) in [4.78, 5) is 7.51. The minimum absolute atomic E-state index is 0.405. The summed E-state index contributed by atoms with van der Waals surface area (Å²) in [5.74, 6) is 1.46. The molecule has 0 aliphatic rings. The molecule has 6 nitrogen and oxygen atoms in total. The molecule has 3 aromatic heterocycles. The molecule has 5 aromatic rings. The van der Waals surface area contributed by atoms with Gasteiger partial charge in [0.25, 0.3) is 0 Å². The molecule has 6 heteroatoms. The summed E-state index contributed by atoms with van der Waals surface area (Å²) >= 11 is 0. The van der Waals surface area contributed by atoms with Gasteiger partial charge in [-0.1, -0.05) is 44.5 Å². The number of aromatic amines is 2. The Labute approximate surface area is 217 Å². The van der Waals surface area contributed by atoms with Crippen molar-refractivity contribution in [3.05, 3.63) is 107 Å². The average molecular weight is 493 g/mol. The van der Waals surface area contributed by atoms with Gasteiger partial charge in [0.05, 0.1) is 24.2 Å². The van der Waals surface area contributed by atoms with Crippen LogP contribution in [-0.2, 0) is 6.61 Å². The monoisotopic (exact) mass is 492 g/mol. The fourth-order valence-electron chi connectivity index (χ4n) is 3.61. The van der Waals surface area contributed by atoms with Gasteiger partial charge in [0.15, 0.2) is 0 Å². The molecule has 0 radical (unpaired) electrons. The molecular weight excluding hydrogens is 460 g/mol. The Bertz CT molecular complexity index is 1470. The third-order valence-electron chi connectivity index (χ3n) is 5.40. The van der Waals surface area contributed by atoms with Gasteiger partial charge < -0.3 is 14.5 Å². The lowest BCUT2D eigenvalue weighted by Crippen LogP contribution is -1.98. The molecule has 188 valence electrons. The Morgan fingerprint density at radius 1 is 0.892 bits per heavy atom. The Kier molecular flexibility index (Phi) is 8.92. The summed E-state index contributed by atoms with van der Waals surface area (Å²) in [5.41, 5.74) is 5.81. The number of rotatable bonds is 8. The maximum Gasteiger partial charge on any atom is 0.130 e. The van der Waals surface area contributed by atoms with Crippen molar-refractivity contribution in [3.63, 3.8) is 0 Å². The highest BCUT2D eigenvalue weighted by molar-refractivity contribution is 5.83. The van der Waals surface area contributed by atoms with E-state index in [9.17, 15) is 0 Å². The first-order valence-electron chi connectivity index (χ1n) is 12.4. The second kappa shape index (κ2) is 12.9. The molecule has 0 saturated carbocycles. The van der Waals surface area contributed by atoms with Gasteiger partial charge >= 0.3 is 0 Å². The first-order chi connectivity index (χ1) is 18.2. The second-order valence-electron chi connectivity index (χ2n) is 8.46. The maximum absolute atomic E-state index is 5.85. The van der Waals surface area contributed by atoms with Gasteiger partial charge in [-0.2, -0.15) is 5.10 Å². The predicted molar refractivity (Wildman–Crippen MR) is 152 cm³/mol. The summed E-state index contributed by atoms with van der Waals surface area (Å²) in [5, 5.41) is 8.64. The first-order valence-corrected chi connectivity index (χ1v) is 12.4. The lowest BCUT2D eigenvalue weighted by Gasteiger charge is -2.09. The molecule has 5 rings (SSSR count). The molecule has 0 fully saturated rings. The zero-order valence-electron chi connectivity index (χ0n) is 21.4. The second-order valence-corrected chi connectivity index (χ2v) is 8.46. The normalized spacial score (nSPS) is 11.1. The van der Waals surface area contributed by atoms with Crippen LogP contribution in [-0.4, -0.2) is 27.3 Å². The lowest BCUT2D eigenvalue weighted by atomic mass is 10.1. The highest BCUT2D eigenvalue weighted by atomic mass is 16.5. The van der Waals surface area contributed by atoms with Crippen molar-refractivity contribution in [2.24, 2.45) is 0 Å². The third kappa shape index (κ3) is 7.21. The lowest BCUT2D eigenvalue weighted by molar-refractivity contribution is 0.299. The molecule has 37 heavy (non-hydrogen) atoms. The van der Waals surface area contributed by atoms with Crippen molar-refractivity contribution in [2.45, 2.75) is 26.9 Å². The Morgan fingerprint density at radius 2 is 1.78 bits per heavy atom. The molecule has 3 heterocycles. The molecule has 0 aliphatic heterocycles. The average Bonchev–Trinajstić information content (AvgIpc) is 3.60. The molecule has 0 atom stereocenters. The van der Waals surface area contributed by atoms with Crippen LogP contribution in [0.1, 0.15) is 48.5 Å². The van der Waals surface area contributed by atoms with E-state index in [1.54, 1.807) is 13.3 Å². The number of pyridine rings is 1. The van der Waals surface area contributed by atoms with Crippen LogP contribution in [0.3, 0.4) is 0 Å². The largest absolute Gasteiger partial charge is 0.496 e. The SMILES string of the molecule is CCC.COc1cc(OCc2ccccn2)ccc1/C=C/c1cc(/C=C/c2ccc3cc[nH]c3c2)n[nH]1. The molecule has 2 N–H and O–H groups in total. The van der Waals surface area contributed by atoms with Gasteiger partial charge in [-0.25, -0.2) is 0 Å². The summed E-state index contributed by atoms with van der Waals surface area (Å²) in [6.07, 6.45) is 13.0. The standard InChI is InChI=1S/C28H24N4O2.C3H8/c1-33-28-18-26(34-19-25-4-2-3-14-29-25)12-9-22(28)8-11-24-17-23(31-32-24)10-6-20-5-7-21-13-15-30-27(21)16-20;1-3-2/h2-18,30H,19H2,1H3,(H,31,32);3H2,1-2H3/b10-6+,11-8+;. The third-order valence-corrected chi connectivity index (χ3v) is 5.40. The number of hydrogen-bond donors (Lipinski definition) is 2. The fraction of sp³-hybridized carbons (Fsp3) is 0.161. The predicted octanol–water partition coefficient (Wildman–Crippen LogP) is 7.63. The minimum Gasteiger partial charge on any atom is -0.496 e. The van der Waals surface area contributed by atoms with Crippen LogP contribution in [0.2, 0.25) is 0 Å². The van der Waals surface area contributed by atoms with Crippen LogP contribution in [0.15, 0.2) is 79.1 Å². The molecule has 0 amide bonds. The van der Waals surface area contributed by atoms with Gasteiger partial charge in [0.2, 0.25) is 0 Å². The zero-order valence-corrected chi connectivity index (χ0v) is 21.4. The number of ether oxygens (including phenoxy) is 2. The van der Waals surface area contributed by atoms with Crippen LogP contribution in [0, 0.1) is 0 Å². The van der Waals surface area contributed by atoms with Gasteiger partial charge in [0, 0.05) is 29.5 Å². The van der Waals surface area contributed by atoms with E-state index >= 15 is 0 Å². The molecule has 0 spiro atoms. The fourth-order valence-corrected chi connectivity index (χ4v) is 3.61. The van der Waals surface area contributed by atoms with Crippen molar-refractivity contribution in [1.82, 2.24) is 20.2 Å². The van der Waals surface area contributed by atoms with E-state index in [4.69, 9.17) is 9.47 Å². The molecule has 0 unspecified atom stereocenters. The number of H-pyrrole nitrogens is 2. The number of nitrogens with one attached hydrogen (secondary N) is 2. The van der Waals surface area contributed by atoms with Crippen LogP contribution in [0.5, 0.6) is 11.5 Å². The molecule has 2 aromatic carbocycles. The topological polar surface area (TPSA) is 75.8 Å². The quantitative estimate of drug-likeness (QED) is 0.233. The summed E-state index contributed by atoms with van der Waals surface area (Å²) in [6, 6.07) is 21.9. The summed E-state index contributed by atoms with van der Waals surface area (Å²) in [6.45, 7) is 4.66. The number of methoxy groups -OCH3 is 1. The van der Waals surface area contributed by atoms with Crippen molar-refractivity contribution < 1.29 is 9.47 Å². The van der Waals surface area contributed by atoms with Crippen LogP contribution in [0.25, 0.3) is 35.2 Å².